The van der Waals surface area contributed by atoms with Gasteiger partial charge in [0.15, 0.2) is 0 Å². The Balaban J connectivity index is 2.09. The minimum atomic E-state index is -0.423. The zero-order chi connectivity index (χ0) is 10.1. The van der Waals surface area contributed by atoms with E-state index in [2.05, 4.69) is 22.3 Å². The van der Waals surface area contributed by atoms with E-state index in [9.17, 15) is 5.11 Å². The molecule has 1 aromatic rings. The summed E-state index contributed by atoms with van der Waals surface area (Å²) in [6.07, 6.45) is 0.771. The highest BCUT2D eigenvalue weighted by Gasteiger charge is 2.23. The molecule has 0 saturated carbocycles. The zero-order valence-corrected chi connectivity index (χ0v) is 9.42. The Kier molecular flexibility index (Phi) is 2.85. The van der Waals surface area contributed by atoms with Crippen molar-refractivity contribution in [3.63, 3.8) is 0 Å². The van der Waals surface area contributed by atoms with E-state index < -0.39 is 6.10 Å². The summed E-state index contributed by atoms with van der Waals surface area (Å²) in [5, 5.41) is 12.3. The normalized spacial score (nSPS) is 25.5. The van der Waals surface area contributed by atoms with E-state index in [0.29, 0.717) is 5.92 Å². The first kappa shape index (κ1) is 10.1. The molecule has 1 saturated heterocycles. The quantitative estimate of drug-likeness (QED) is 0.809. The molecule has 2 unspecified atom stereocenters. The Bertz CT molecular complexity index is 311. The molecule has 3 nitrogen and oxygen atoms in total. The molecule has 14 heavy (non-hydrogen) atoms. The van der Waals surface area contributed by atoms with Crippen molar-refractivity contribution < 1.29 is 5.11 Å². The fourth-order valence-electron chi connectivity index (χ4n) is 1.86. The van der Waals surface area contributed by atoms with Gasteiger partial charge in [0.2, 0.25) is 0 Å². The van der Waals surface area contributed by atoms with Crippen LogP contribution in [0.1, 0.15) is 36.1 Å². The maximum absolute atomic E-state index is 9.37. The summed E-state index contributed by atoms with van der Waals surface area (Å²) in [4.78, 5) is 6.79. The third-order valence-electron chi connectivity index (χ3n) is 2.71. The van der Waals surface area contributed by atoms with E-state index in [0.717, 1.165) is 23.8 Å². The molecule has 0 amide bonds. The molecule has 4 heteroatoms. The fraction of sp³-hybridized carbons (Fsp3) is 0.700. The van der Waals surface area contributed by atoms with Crippen LogP contribution in [-0.4, -0.2) is 35.1 Å². The van der Waals surface area contributed by atoms with Crippen molar-refractivity contribution in [2.45, 2.75) is 25.4 Å². The molecule has 2 atom stereocenters. The Labute approximate surface area is 88.4 Å². The summed E-state index contributed by atoms with van der Waals surface area (Å²) >= 11 is 1.57. The molecule has 0 aromatic carbocycles. The first-order valence-corrected chi connectivity index (χ1v) is 5.86. The summed E-state index contributed by atoms with van der Waals surface area (Å²) in [6.45, 7) is 4.03. The van der Waals surface area contributed by atoms with Crippen molar-refractivity contribution in [3.05, 3.63) is 16.1 Å². The molecule has 2 heterocycles. The summed E-state index contributed by atoms with van der Waals surface area (Å²) in [7, 11) is 2.14. The number of aromatic nitrogens is 1. The van der Waals surface area contributed by atoms with Crippen LogP contribution in [0.4, 0.5) is 0 Å². The second-order valence-corrected chi connectivity index (χ2v) is 4.92. The first-order valence-electron chi connectivity index (χ1n) is 4.98. The van der Waals surface area contributed by atoms with Gasteiger partial charge < -0.3 is 10.0 Å². The van der Waals surface area contributed by atoms with Gasteiger partial charge in [0.1, 0.15) is 11.1 Å². The summed E-state index contributed by atoms with van der Waals surface area (Å²) in [5.41, 5.74) is 1.16. The van der Waals surface area contributed by atoms with Gasteiger partial charge in [-0.1, -0.05) is 0 Å². The molecule has 1 N–H and O–H groups in total. The lowest BCUT2D eigenvalue weighted by Gasteiger charge is -2.07. The third-order valence-corrected chi connectivity index (χ3v) is 3.74. The van der Waals surface area contributed by atoms with Gasteiger partial charge in [-0.3, -0.25) is 0 Å². The fourth-order valence-corrected chi connectivity index (χ4v) is 2.70. The molecule has 1 fully saturated rings. The van der Waals surface area contributed by atoms with E-state index in [-0.39, 0.29) is 0 Å². The van der Waals surface area contributed by atoms with Gasteiger partial charge in [-0.05, 0) is 26.9 Å². The number of likely N-dealkylation sites (tertiary alicyclic amines) is 1. The van der Waals surface area contributed by atoms with Gasteiger partial charge >= 0.3 is 0 Å². The number of aliphatic hydroxyl groups excluding tert-OH is 1. The topological polar surface area (TPSA) is 36.4 Å². The highest BCUT2D eigenvalue weighted by Crippen LogP contribution is 2.28. The number of thiazole rings is 1. The SMILES string of the molecule is CC(O)c1nc(C2CCN(C)C2)cs1. The van der Waals surface area contributed by atoms with Crippen molar-refractivity contribution in [2.24, 2.45) is 0 Å². The van der Waals surface area contributed by atoms with E-state index in [1.165, 1.54) is 6.42 Å². The Morgan fingerprint density at radius 2 is 2.50 bits per heavy atom. The Morgan fingerprint density at radius 1 is 1.71 bits per heavy atom. The van der Waals surface area contributed by atoms with Crippen molar-refractivity contribution >= 4 is 11.3 Å². The van der Waals surface area contributed by atoms with Gasteiger partial charge in [0.05, 0.1) is 5.69 Å². The van der Waals surface area contributed by atoms with Crippen LogP contribution in [0.2, 0.25) is 0 Å². The summed E-state index contributed by atoms with van der Waals surface area (Å²) in [5.74, 6) is 0.573. The number of aliphatic hydroxyl groups is 1. The molecule has 78 valence electrons. The second kappa shape index (κ2) is 3.96. The predicted octanol–water partition coefficient (Wildman–Crippen LogP) is 1.62. The summed E-state index contributed by atoms with van der Waals surface area (Å²) in [6, 6.07) is 0. The molecule has 0 radical (unpaired) electrons. The number of likely N-dealkylation sites (N-methyl/N-ethyl adjacent to an activating group) is 1. The molecule has 1 aliphatic rings. The van der Waals surface area contributed by atoms with Crippen LogP contribution < -0.4 is 0 Å². The minimum Gasteiger partial charge on any atom is -0.386 e. The molecule has 2 rings (SSSR count). The van der Waals surface area contributed by atoms with Crippen LogP contribution in [0.15, 0.2) is 5.38 Å². The lowest BCUT2D eigenvalue weighted by Crippen LogP contribution is -2.13. The maximum atomic E-state index is 9.37. The van der Waals surface area contributed by atoms with Crippen molar-refractivity contribution in [2.75, 3.05) is 20.1 Å². The van der Waals surface area contributed by atoms with Crippen LogP contribution in [0.5, 0.6) is 0 Å². The number of hydrogen-bond acceptors (Lipinski definition) is 4. The molecule has 1 aromatic heterocycles. The van der Waals surface area contributed by atoms with Gasteiger partial charge in [0, 0.05) is 17.8 Å². The number of nitrogens with zero attached hydrogens (tertiary/aromatic N) is 2. The Morgan fingerprint density at radius 3 is 3.00 bits per heavy atom. The van der Waals surface area contributed by atoms with Crippen molar-refractivity contribution in [1.82, 2.24) is 9.88 Å². The molecule has 0 spiro atoms. The van der Waals surface area contributed by atoms with Gasteiger partial charge in [-0.2, -0.15) is 0 Å². The predicted molar refractivity (Wildman–Crippen MR) is 57.6 cm³/mol. The average molecular weight is 212 g/mol. The van der Waals surface area contributed by atoms with E-state index in [1.807, 2.05) is 0 Å². The lowest BCUT2D eigenvalue weighted by molar-refractivity contribution is 0.198. The summed E-state index contributed by atoms with van der Waals surface area (Å²) < 4.78 is 0. The third kappa shape index (κ3) is 1.97. The van der Waals surface area contributed by atoms with Crippen LogP contribution in [-0.2, 0) is 0 Å². The molecular formula is C10H16N2OS. The van der Waals surface area contributed by atoms with Crippen LogP contribution in [0.3, 0.4) is 0 Å². The smallest absolute Gasteiger partial charge is 0.121 e. The highest BCUT2D eigenvalue weighted by atomic mass is 32.1. The highest BCUT2D eigenvalue weighted by molar-refractivity contribution is 7.09. The average Bonchev–Trinajstić information content (AvgIpc) is 2.70. The first-order chi connectivity index (χ1) is 6.66. The number of rotatable bonds is 2. The molecule has 0 bridgehead atoms. The second-order valence-electron chi connectivity index (χ2n) is 4.03. The standard InChI is InChI=1S/C10H16N2OS/c1-7(13)10-11-9(6-14-10)8-3-4-12(2)5-8/h6-8,13H,3-5H2,1-2H3. The molecule has 0 aliphatic carbocycles. The number of hydrogen-bond donors (Lipinski definition) is 1. The lowest BCUT2D eigenvalue weighted by atomic mass is 10.1. The largest absolute Gasteiger partial charge is 0.386 e. The van der Waals surface area contributed by atoms with Gasteiger partial charge in [-0.25, -0.2) is 4.98 Å². The maximum Gasteiger partial charge on any atom is 0.121 e. The van der Waals surface area contributed by atoms with Crippen LogP contribution in [0, 0.1) is 0 Å². The van der Waals surface area contributed by atoms with Gasteiger partial charge in [-0.15, -0.1) is 11.3 Å². The molecule has 1 aliphatic heterocycles. The van der Waals surface area contributed by atoms with E-state index >= 15 is 0 Å². The van der Waals surface area contributed by atoms with E-state index in [1.54, 1.807) is 18.3 Å². The monoisotopic (exact) mass is 212 g/mol. The van der Waals surface area contributed by atoms with Crippen LogP contribution >= 0.6 is 11.3 Å². The van der Waals surface area contributed by atoms with Crippen LogP contribution in [0.25, 0.3) is 0 Å². The van der Waals surface area contributed by atoms with Crippen molar-refractivity contribution in [3.8, 4) is 0 Å². The van der Waals surface area contributed by atoms with Gasteiger partial charge in [0.25, 0.3) is 0 Å². The Hall–Kier alpha value is -0.450. The van der Waals surface area contributed by atoms with E-state index in [4.69, 9.17) is 0 Å². The minimum absolute atomic E-state index is 0.423. The van der Waals surface area contributed by atoms with Crippen molar-refractivity contribution in [1.29, 1.82) is 0 Å². The molecular weight excluding hydrogens is 196 g/mol. The zero-order valence-electron chi connectivity index (χ0n) is 8.60.